The highest BCUT2D eigenvalue weighted by atomic mass is 35.5. The van der Waals surface area contributed by atoms with Gasteiger partial charge in [-0.3, -0.25) is 14.5 Å². The maximum Gasteiger partial charge on any atom is 0.405 e. The highest BCUT2D eigenvalue weighted by Gasteiger charge is 2.44. The highest BCUT2D eigenvalue weighted by molar-refractivity contribution is 5.90. The molecule has 6 nitrogen and oxygen atoms in total. The Hall–Kier alpha value is -1.06. The summed E-state index contributed by atoms with van der Waals surface area (Å²) in [6, 6.07) is -2.41. The first-order valence-electron chi connectivity index (χ1n) is 6.96. The summed E-state index contributed by atoms with van der Waals surface area (Å²) in [7, 11) is 0. The van der Waals surface area contributed by atoms with Gasteiger partial charge in [0.1, 0.15) is 12.1 Å². The summed E-state index contributed by atoms with van der Waals surface area (Å²) in [5.41, 5.74) is 0. The molecule has 2 amide bonds. The van der Waals surface area contributed by atoms with Crippen molar-refractivity contribution in [3.05, 3.63) is 0 Å². The lowest BCUT2D eigenvalue weighted by Crippen LogP contribution is -2.58. The molecule has 1 unspecified atom stereocenters. The zero-order valence-electron chi connectivity index (χ0n) is 11.9. The second-order valence-corrected chi connectivity index (χ2v) is 5.25. The fraction of sp³-hybridized carbons (Fsp3) is 0.833. The molecule has 0 spiro atoms. The van der Waals surface area contributed by atoms with Crippen LogP contribution >= 0.6 is 12.4 Å². The number of hydrogen-bond donors (Lipinski definition) is 3. The summed E-state index contributed by atoms with van der Waals surface area (Å²) in [5.74, 6) is -0.796. The van der Waals surface area contributed by atoms with Crippen molar-refractivity contribution in [2.75, 3.05) is 32.7 Å². The summed E-state index contributed by atoms with van der Waals surface area (Å²) in [6.07, 6.45) is -3.84. The van der Waals surface area contributed by atoms with E-state index in [4.69, 9.17) is 0 Å². The number of nitrogens with zero attached hydrogens (tertiary/aromatic N) is 1. The fourth-order valence-corrected chi connectivity index (χ4v) is 2.58. The molecule has 22 heavy (non-hydrogen) atoms. The molecule has 2 heterocycles. The number of piperazine rings is 1. The molecule has 0 saturated carbocycles. The van der Waals surface area contributed by atoms with Crippen molar-refractivity contribution in [2.45, 2.75) is 31.1 Å². The average Bonchev–Trinajstić information content (AvgIpc) is 2.85. The smallest absolute Gasteiger partial charge is 0.352 e. The first kappa shape index (κ1) is 19.0. The Balaban J connectivity index is 0.00000242. The van der Waals surface area contributed by atoms with Gasteiger partial charge in [-0.2, -0.15) is 13.2 Å². The molecule has 128 valence electrons. The van der Waals surface area contributed by atoms with Gasteiger partial charge in [0.15, 0.2) is 0 Å². The van der Waals surface area contributed by atoms with Crippen molar-refractivity contribution in [1.82, 2.24) is 20.9 Å². The molecule has 2 rings (SSSR count). The minimum absolute atomic E-state index is 0. The topological polar surface area (TPSA) is 73.5 Å². The fourth-order valence-electron chi connectivity index (χ4n) is 2.58. The third kappa shape index (κ3) is 4.99. The molecule has 0 aromatic heterocycles. The monoisotopic (exact) mass is 344 g/mol. The first-order chi connectivity index (χ1) is 9.88. The molecule has 0 aromatic rings. The van der Waals surface area contributed by atoms with Crippen molar-refractivity contribution >= 4 is 24.2 Å². The lowest BCUT2D eigenvalue weighted by Gasteiger charge is -2.36. The number of hydrogen-bond acceptors (Lipinski definition) is 4. The lowest BCUT2D eigenvalue weighted by atomic mass is 10.1. The second-order valence-electron chi connectivity index (χ2n) is 5.25. The van der Waals surface area contributed by atoms with Gasteiger partial charge in [0.2, 0.25) is 11.8 Å². The molecular formula is C12H20ClF3N4O2. The van der Waals surface area contributed by atoms with Gasteiger partial charge in [0.05, 0.1) is 0 Å². The van der Waals surface area contributed by atoms with Gasteiger partial charge >= 0.3 is 6.18 Å². The Bertz CT molecular complexity index is 402. The maximum absolute atomic E-state index is 13.1. The van der Waals surface area contributed by atoms with Gasteiger partial charge in [-0.25, -0.2) is 0 Å². The third-order valence-electron chi connectivity index (χ3n) is 3.75. The Kier molecular flexibility index (Phi) is 6.89. The summed E-state index contributed by atoms with van der Waals surface area (Å²) in [5, 5.41) is 7.74. The summed E-state index contributed by atoms with van der Waals surface area (Å²) in [4.78, 5) is 24.1. The van der Waals surface area contributed by atoms with E-state index in [-0.39, 0.29) is 24.7 Å². The van der Waals surface area contributed by atoms with E-state index < -0.39 is 30.7 Å². The molecular weight excluding hydrogens is 325 g/mol. The zero-order chi connectivity index (χ0) is 15.5. The van der Waals surface area contributed by atoms with Crippen LogP contribution in [0.5, 0.6) is 0 Å². The van der Waals surface area contributed by atoms with Crippen LogP contribution in [0.15, 0.2) is 0 Å². The van der Waals surface area contributed by atoms with E-state index >= 15 is 0 Å². The number of nitrogens with one attached hydrogen (secondary N) is 3. The molecule has 2 aliphatic heterocycles. The number of carbonyl (C=O) groups is 2. The van der Waals surface area contributed by atoms with Crippen LogP contribution in [0.1, 0.15) is 12.8 Å². The molecule has 0 radical (unpaired) electrons. The number of carbonyl (C=O) groups excluding carboxylic acids is 2. The van der Waals surface area contributed by atoms with Gasteiger partial charge in [-0.15, -0.1) is 12.4 Å². The molecule has 0 aliphatic carbocycles. The molecule has 10 heteroatoms. The van der Waals surface area contributed by atoms with Crippen LogP contribution in [0.3, 0.4) is 0 Å². The molecule has 0 bridgehead atoms. The Morgan fingerprint density at radius 2 is 2.00 bits per heavy atom. The van der Waals surface area contributed by atoms with Gasteiger partial charge in [0, 0.05) is 39.1 Å². The van der Waals surface area contributed by atoms with Crippen LogP contribution in [0.2, 0.25) is 0 Å². The molecule has 2 fully saturated rings. The third-order valence-corrected chi connectivity index (χ3v) is 3.75. The zero-order valence-corrected chi connectivity index (χ0v) is 12.7. The average molecular weight is 345 g/mol. The Morgan fingerprint density at radius 1 is 1.36 bits per heavy atom. The van der Waals surface area contributed by atoms with Gasteiger partial charge < -0.3 is 16.0 Å². The SMILES string of the molecule is Cl.O=C1CC[C@H](C(=O)NCC(N2CCNCC2)C(F)(F)F)N1. The molecule has 2 saturated heterocycles. The van der Waals surface area contributed by atoms with Crippen molar-refractivity contribution in [2.24, 2.45) is 0 Å². The maximum atomic E-state index is 13.1. The standard InChI is InChI=1S/C12H19F3N4O2.ClH/c13-12(14,15)9(19-5-3-16-4-6-19)7-17-11(21)8-1-2-10(20)18-8;/h8-9,16H,1-7H2,(H,17,21)(H,18,20);1H/t8-,9?;/m1./s1. The van der Waals surface area contributed by atoms with Crippen LogP contribution in [0.25, 0.3) is 0 Å². The van der Waals surface area contributed by atoms with Crippen LogP contribution in [0, 0.1) is 0 Å². The second kappa shape index (κ2) is 7.98. The molecule has 3 N–H and O–H groups in total. The van der Waals surface area contributed by atoms with Crippen molar-refractivity contribution in [3.8, 4) is 0 Å². The number of halogens is 4. The molecule has 2 atom stereocenters. The first-order valence-corrected chi connectivity index (χ1v) is 6.96. The summed E-state index contributed by atoms with van der Waals surface area (Å²) in [6.45, 7) is 1.09. The Labute approximate surface area is 132 Å². The quantitative estimate of drug-likeness (QED) is 0.651. The normalized spacial score (nSPS) is 24.3. The Morgan fingerprint density at radius 3 is 2.50 bits per heavy atom. The highest BCUT2D eigenvalue weighted by Crippen LogP contribution is 2.24. The van der Waals surface area contributed by atoms with Crippen LogP contribution in [0.4, 0.5) is 13.2 Å². The summed E-state index contributed by atoms with van der Waals surface area (Å²) >= 11 is 0. The van der Waals surface area contributed by atoms with E-state index in [1.165, 1.54) is 4.90 Å². The van der Waals surface area contributed by atoms with Crippen molar-refractivity contribution in [1.29, 1.82) is 0 Å². The predicted octanol–water partition coefficient (Wildman–Crippen LogP) is -0.361. The van der Waals surface area contributed by atoms with Crippen LogP contribution < -0.4 is 16.0 Å². The lowest BCUT2D eigenvalue weighted by molar-refractivity contribution is -0.184. The van der Waals surface area contributed by atoms with Gasteiger partial charge in [-0.1, -0.05) is 0 Å². The largest absolute Gasteiger partial charge is 0.405 e. The van der Waals surface area contributed by atoms with Crippen molar-refractivity contribution < 1.29 is 22.8 Å². The number of alkyl halides is 3. The van der Waals surface area contributed by atoms with E-state index in [0.717, 1.165) is 0 Å². The summed E-state index contributed by atoms with van der Waals surface area (Å²) < 4.78 is 39.3. The van der Waals surface area contributed by atoms with Crippen molar-refractivity contribution in [3.63, 3.8) is 0 Å². The van der Waals surface area contributed by atoms with Gasteiger partial charge in [-0.05, 0) is 6.42 Å². The molecule has 0 aromatic carbocycles. The number of rotatable bonds is 4. The van der Waals surface area contributed by atoms with E-state index in [0.29, 0.717) is 32.6 Å². The minimum atomic E-state index is -4.40. The van der Waals surface area contributed by atoms with E-state index in [2.05, 4.69) is 16.0 Å². The van der Waals surface area contributed by atoms with Crippen LogP contribution in [-0.4, -0.2) is 67.7 Å². The van der Waals surface area contributed by atoms with Crippen LogP contribution in [-0.2, 0) is 9.59 Å². The number of amides is 2. The van der Waals surface area contributed by atoms with E-state index in [1.807, 2.05) is 0 Å². The minimum Gasteiger partial charge on any atom is -0.352 e. The molecule has 2 aliphatic rings. The van der Waals surface area contributed by atoms with E-state index in [1.54, 1.807) is 0 Å². The van der Waals surface area contributed by atoms with E-state index in [9.17, 15) is 22.8 Å². The van der Waals surface area contributed by atoms with Gasteiger partial charge in [0.25, 0.3) is 0 Å². The predicted molar refractivity (Wildman–Crippen MR) is 75.7 cm³/mol.